The summed E-state index contributed by atoms with van der Waals surface area (Å²) < 4.78 is 17.8. The summed E-state index contributed by atoms with van der Waals surface area (Å²) in [5.41, 5.74) is 7.14. The highest BCUT2D eigenvalue weighted by atomic mass is 127. The number of rotatable bonds is 5. The molecule has 2 aliphatic carbocycles. The van der Waals surface area contributed by atoms with Crippen LogP contribution in [0.5, 0.6) is 11.5 Å². The number of carbonyl (C=O) groups is 3. The van der Waals surface area contributed by atoms with Crippen molar-refractivity contribution in [2.24, 2.45) is 5.73 Å². The topological polar surface area (TPSA) is 105 Å². The van der Waals surface area contributed by atoms with Crippen LogP contribution in [0.4, 0.5) is 0 Å². The lowest BCUT2D eigenvalue weighted by Gasteiger charge is -2.36. The minimum atomic E-state index is -0.591. The molecule has 0 saturated heterocycles. The minimum absolute atomic E-state index is 0.0224. The monoisotopic (exact) mass is 523 g/mol. The standard InChI is InChI=1S/C22H22INO6/c1-28-17-9-11(8-12(23)22(17)29-10-18(24)27)19-20-13(25)4-2-6-15(20)30-16-7-3-5-14(26)21(16)19/h8-9,19H,2-7,10H2,1H3,(H2,24,27). The Balaban J connectivity index is 1.86. The van der Waals surface area contributed by atoms with Gasteiger partial charge in [-0.05, 0) is 53.1 Å². The van der Waals surface area contributed by atoms with E-state index in [1.807, 2.05) is 6.07 Å². The van der Waals surface area contributed by atoms with Crippen LogP contribution in [0.3, 0.4) is 0 Å². The summed E-state index contributed by atoms with van der Waals surface area (Å²) in [6.07, 6.45) is 3.78. The Morgan fingerprint density at radius 1 is 1.10 bits per heavy atom. The van der Waals surface area contributed by atoms with Gasteiger partial charge in [-0.3, -0.25) is 14.4 Å². The number of ether oxygens (including phenoxy) is 3. The lowest BCUT2D eigenvalue weighted by molar-refractivity contribution is -0.120. The number of halogens is 1. The molecule has 0 fully saturated rings. The molecule has 0 saturated carbocycles. The Hall–Kier alpha value is -2.36. The molecule has 0 radical (unpaired) electrons. The van der Waals surface area contributed by atoms with Crippen LogP contribution in [-0.2, 0) is 19.1 Å². The van der Waals surface area contributed by atoms with Crippen molar-refractivity contribution in [3.63, 3.8) is 0 Å². The second-order valence-corrected chi connectivity index (χ2v) is 8.71. The first-order chi connectivity index (χ1) is 14.4. The van der Waals surface area contributed by atoms with E-state index in [4.69, 9.17) is 19.9 Å². The third-order valence-electron chi connectivity index (χ3n) is 5.58. The van der Waals surface area contributed by atoms with Crippen LogP contribution in [0.25, 0.3) is 0 Å². The summed E-state index contributed by atoms with van der Waals surface area (Å²) in [7, 11) is 1.50. The van der Waals surface area contributed by atoms with Gasteiger partial charge in [-0.1, -0.05) is 0 Å². The van der Waals surface area contributed by atoms with Crippen molar-refractivity contribution in [2.45, 2.75) is 44.4 Å². The van der Waals surface area contributed by atoms with Crippen LogP contribution in [0.1, 0.15) is 50.0 Å². The van der Waals surface area contributed by atoms with E-state index in [0.29, 0.717) is 63.4 Å². The van der Waals surface area contributed by atoms with Gasteiger partial charge in [-0.25, -0.2) is 0 Å². The Morgan fingerprint density at radius 2 is 1.70 bits per heavy atom. The van der Waals surface area contributed by atoms with E-state index in [-0.39, 0.29) is 18.2 Å². The second kappa shape index (κ2) is 8.41. The minimum Gasteiger partial charge on any atom is -0.493 e. The molecule has 2 N–H and O–H groups in total. The maximum Gasteiger partial charge on any atom is 0.255 e. The second-order valence-electron chi connectivity index (χ2n) is 7.55. The molecule has 1 amide bonds. The van der Waals surface area contributed by atoms with Gasteiger partial charge in [-0.15, -0.1) is 0 Å². The predicted octanol–water partition coefficient (Wildman–Crippen LogP) is 3.29. The van der Waals surface area contributed by atoms with Gasteiger partial charge in [0.05, 0.1) is 10.7 Å². The fraction of sp³-hybridized carbons (Fsp3) is 0.409. The van der Waals surface area contributed by atoms with Gasteiger partial charge in [0.25, 0.3) is 5.91 Å². The van der Waals surface area contributed by atoms with E-state index in [0.717, 1.165) is 18.4 Å². The first-order valence-electron chi connectivity index (χ1n) is 9.89. The highest BCUT2D eigenvalue weighted by Gasteiger charge is 2.42. The Labute approximate surface area is 187 Å². The fourth-order valence-corrected chi connectivity index (χ4v) is 5.12. The summed E-state index contributed by atoms with van der Waals surface area (Å²) in [4.78, 5) is 36.9. The Kier molecular flexibility index (Phi) is 5.86. The molecule has 0 bridgehead atoms. The average Bonchev–Trinajstić information content (AvgIpc) is 2.71. The molecule has 3 aliphatic rings. The molecule has 1 aromatic rings. The van der Waals surface area contributed by atoms with Crippen LogP contribution < -0.4 is 15.2 Å². The molecule has 0 atom stereocenters. The Morgan fingerprint density at radius 3 is 2.23 bits per heavy atom. The van der Waals surface area contributed by atoms with Crippen LogP contribution in [0, 0.1) is 3.57 Å². The van der Waals surface area contributed by atoms with E-state index in [1.54, 1.807) is 6.07 Å². The van der Waals surface area contributed by atoms with E-state index in [9.17, 15) is 14.4 Å². The first-order valence-corrected chi connectivity index (χ1v) is 11.0. The maximum atomic E-state index is 12.9. The number of amides is 1. The number of ketones is 2. The summed E-state index contributed by atoms with van der Waals surface area (Å²) >= 11 is 2.09. The molecule has 8 heteroatoms. The van der Waals surface area contributed by atoms with Crippen molar-refractivity contribution in [1.29, 1.82) is 0 Å². The van der Waals surface area contributed by atoms with E-state index in [2.05, 4.69) is 22.6 Å². The largest absolute Gasteiger partial charge is 0.493 e. The van der Waals surface area contributed by atoms with Gasteiger partial charge in [0.2, 0.25) is 0 Å². The van der Waals surface area contributed by atoms with Crippen LogP contribution in [-0.4, -0.2) is 31.2 Å². The quantitative estimate of drug-likeness (QED) is 0.595. The maximum absolute atomic E-state index is 12.9. The number of methoxy groups -OCH3 is 1. The summed E-state index contributed by atoms with van der Waals surface area (Å²) in [6.45, 7) is -0.273. The van der Waals surface area contributed by atoms with Crippen molar-refractivity contribution >= 4 is 40.1 Å². The van der Waals surface area contributed by atoms with Gasteiger partial charge >= 0.3 is 0 Å². The van der Waals surface area contributed by atoms with Crippen LogP contribution in [0.2, 0.25) is 0 Å². The molecule has 1 aliphatic heterocycles. The van der Waals surface area contributed by atoms with Crippen molar-refractivity contribution < 1.29 is 28.6 Å². The smallest absolute Gasteiger partial charge is 0.255 e. The molecule has 7 nitrogen and oxygen atoms in total. The lowest BCUT2D eigenvalue weighted by Crippen LogP contribution is -2.30. The Bertz CT molecular complexity index is 967. The number of hydrogen-bond donors (Lipinski definition) is 1. The average molecular weight is 523 g/mol. The molecule has 158 valence electrons. The highest BCUT2D eigenvalue weighted by Crippen LogP contribution is 2.49. The van der Waals surface area contributed by atoms with Gasteiger partial charge in [0, 0.05) is 42.7 Å². The normalized spacial score (nSPS) is 19.3. The third-order valence-corrected chi connectivity index (χ3v) is 6.39. The SMILES string of the molecule is COc1cc(C2C3=C(CCCC3=O)OC3=C2C(=O)CCC3)cc(I)c1OCC(N)=O. The number of nitrogens with two attached hydrogens (primary N) is 1. The number of allylic oxidation sites excluding steroid dienone is 4. The summed E-state index contributed by atoms with van der Waals surface area (Å²) in [6, 6.07) is 3.64. The molecule has 0 spiro atoms. The zero-order valence-electron chi connectivity index (χ0n) is 16.6. The summed E-state index contributed by atoms with van der Waals surface area (Å²) in [5, 5.41) is 0. The zero-order chi connectivity index (χ0) is 21.4. The number of benzene rings is 1. The van der Waals surface area contributed by atoms with E-state index in [1.165, 1.54) is 7.11 Å². The van der Waals surface area contributed by atoms with Gasteiger partial charge < -0.3 is 19.9 Å². The molecule has 1 heterocycles. The van der Waals surface area contributed by atoms with Crippen LogP contribution in [0.15, 0.2) is 34.8 Å². The first kappa shape index (κ1) is 20.9. The van der Waals surface area contributed by atoms with Gasteiger partial charge in [0.15, 0.2) is 29.7 Å². The van der Waals surface area contributed by atoms with Crippen LogP contribution >= 0.6 is 22.6 Å². The predicted molar refractivity (Wildman–Crippen MR) is 116 cm³/mol. The van der Waals surface area contributed by atoms with Crippen molar-refractivity contribution in [2.75, 3.05) is 13.7 Å². The van der Waals surface area contributed by atoms with Gasteiger partial charge in [0.1, 0.15) is 11.5 Å². The van der Waals surface area contributed by atoms with E-state index >= 15 is 0 Å². The zero-order valence-corrected chi connectivity index (χ0v) is 18.7. The molecular weight excluding hydrogens is 501 g/mol. The van der Waals surface area contributed by atoms with Crippen molar-refractivity contribution in [3.8, 4) is 11.5 Å². The molecule has 1 aromatic carbocycles. The van der Waals surface area contributed by atoms with Crippen molar-refractivity contribution in [3.05, 3.63) is 43.9 Å². The molecule has 0 aromatic heterocycles. The molecular formula is C22H22INO6. The van der Waals surface area contributed by atoms with E-state index < -0.39 is 11.8 Å². The van der Waals surface area contributed by atoms with Crippen molar-refractivity contribution in [1.82, 2.24) is 0 Å². The highest BCUT2D eigenvalue weighted by molar-refractivity contribution is 14.1. The lowest BCUT2D eigenvalue weighted by atomic mass is 9.73. The summed E-state index contributed by atoms with van der Waals surface area (Å²) in [5.74, 6) is 1.17. The molecule has 0 unspecified atom stereocenters. The number of hydrogen-bond acceptors (Lipinski definition) is 6. The third kappa shape index (κ3) is 3.73. The molecule has 30 heavy (non-hydrogen) atoms. The van der Waals surface area contributed by atoms with Gasteiger partial charge in [-0.2, -0.15) is 0 Å². The number of carbonyl (C=O) groups excluding carboxylic acids is 3. The molecule has 4 rings (SSSR count). The number of primary amides is 1. The fourth-order valence-electron chi connectivity index (χ4n) is 4.34. The number of Topliss-reactive ketones (excluding diaryl/α,β-unsaturated/α-hetero) is 2.